The van der Waals surface area contributed by atoms with Gasteiger partial charge in [0.2, 0.25) is 0 Å². The molecule has 0 radical (unpaired) electrons. The Morgan fingerprint density at radius 1 is 1.19 bits per heavy atom. The lowest BCUT2D eigenvalue weighted by Crippen LogP contribution is -2.49. The highest BCUT2D eigenvalue weighted by atomic mass is 16.3. The SMILES string of the molecule is CC(CO)(CCN1CCc2ccccc2CC1)NC1CC1. The van der Waals surface area contributed by atoms with E-state index >= 15 is 0 Å². The third-order valence-corrected chi connectivity index (χ3v) is 4.97. The third kappa shape index (κ3) is 4.06. The van der Waals surface area contributed by atoms with Crippen LogP contribution in [0.2, 0.25) is 0 Å². The van der Waals surface area contributed by atoms with Crippen molar-refractivity contribution in [3.05, 3.63) is 35.4 Å². The molecule has 3 nitrogen and oxygen atoms in total. The Hall–Kier alpha value is -0.900. The van der Waals surface area contributed by atoms with Crippen LogP contribution in [-0.2, 0) is 12.8 Å². The van der Waals surface area contributed by atoms with Crippen molar-refractivity contribution in [1.29, 1.82) is 0 Å². The number of aliphatic hydroxyl groups is 1. The summed E-state index contributed by atoms with van der Waals surface area (Å²) < 4.78 is 0. The first kappa shape index (κ1) is 15.0. The van der Waals surface area contributed by atoms with E-state index in [9.17, 15) is 5.11 Å². The molecular weight excluding hydrogens is 260 g/mol. The zero-order valence-electron chi connectivity index (χ0n) is 13.1. The van der Waals surface area contributed by atoms with Gasteiger partial charge in [0.15, 0.2) is 0 Å². The second-order valence-electron chi connectivity index (χ2n) is 7.00. The summed E-state index contributed by atoms with van der Waals surface area (Å²) in [6, 6.07) is 9.49. The maximum atomic E-state index is 9.71. The van der Waals surface area contributed by atoms with Crippen molar-refractivity contribution in [2.24, 2.45) is 0 Å². The molecule has 2 aliphatic rings. The van der Waals surface area contributed by atoms with Crippen molar-refractivity contribution in [3.8, 4) is 0 Å². The third-order valence-electron chi connectivity index (χ3n) is 4.97. The van der Waals surface area contributed by atoms with Gasteiger partial charge in [0, 0.05) is 24.7 Å². The van der Waals surface area contributed by atoms with Gasteiger partial charge in [-0.2, -0.15) is 0 Å². The van der Waals surface area contributed by atoms with Gasteiger partial charge in [0.1, 0.15) is 0 Å². The highest BCUT2D eigenvalue weighted by molar-refractivity contribution is 5.28. The van der Waals surface area contributed by atoms with E-state index in [0.717, 1.165) is 38.9 Å². The average molecular weight is 288 g/mol. The smallest absolute Gasteiger partial charge is 0.0611 e. The van der Waals surface area contributed by atoms with E-state index in [1.54, 1.807) is 0 Å². The second kappa shape index (κ2) is 6.47. The fraction of sp³-hybridized carbons (Fsp3) is 0.667. The Kier molecular flexibility index (Phi) is 4.63. The number of benzene rings is 1. The van der Waals surface area contributed by atoms with Crippen LogP contribution in [0.15, 0.2) is 24.3 Å². The van der Waals surface area contributed by atoms with Gasteiger partial charge < -0.3 is 15.3 Å². The monoisotopic (exact) mass is 288 g/mol. The highest BCUT2D eigenvalue weighted by Crippen LogP contribution is 2.24. The van der Waals surface area contributed by atoms with Crippen LogP contribution >= 0.6 is 0 Å². The Bertz CT molecular complexity index is 445. The molecule has 1 aromatic rings. The Balaban J connectivity index is 1.52. The maximum absolute atomic E-state index is 9.71. The lowest BCUT2D eigenvalue weighted by Gasteiger charge is -2.32. The molecule has 1 unspecified atom stereocenters. The first-order chi connectivity index (χ1) is 10.2. The van der Waals surface area contributed by atoms with Gasteiger partial charge in [-0.3, -0.25) is 0 Å². The van der Waals surface area contributed by atoms with Crippen molar-refractivity contribution >= 4 is 0 Å². The Labute approximate surface area is 128 Å². The standard InChI is InChI=1S/C18H28N2O/c1-18(14-21,19-17-6-7-17)10-13-20-11-8-15-4-2-3-5-16(15)9-12-20/h2-5,17,19,21H,6-14H2,1H3. The van der Waals surface area contributed by atoms with E-state index in [2.05, 4.69) is 41.4 Å². The molecule has 1 saturated carbocycles. The van der Waals surface area contributed by atoms with Gasteiger partial charge in [0.05, 0.1) is 6.61 Å². The summed E-state index contributed by atoms with van der Waals surface area (Å²) in [5, 5.41) is 13.3. The normalized spacial score (nSPS) is 22.4. The molecule has 0 spiro atoms. The van der Waals surface area contributed by atoms with Crippen LogP contribution in [0.5, 0.6) is 0 Å². The maximum Gasteiger partial charge on any atom is 0.0611 e. The minimum absolute atomic E-state index is 0.111. The molecule has 3 heteroatoms. The van der Waals surface area contributed by atoms with Crippen LogP contribution in [0.25, 0.3) is 0 Å². The molecule has 1 atom stereocenters. The fourth-order valence-corrected chi connectivity index (χ4v) is 3.26. The highest BCUT2D eigenvalue weighted by Gasteiger charge is 2.32. The molecule has 116 valence electrons. The molecule has 3 rings (SSSR count). The molecule has 0 saturated heterocycles. The summed E-state index contributed by atoms with van der Waals surface area (Å²) in [4.78, 5) is 2.56. The predicted octanol–water partition coefficient (Wildman–Crippen LogP) is 1.98. The topological polar surface area (TPSA) is 35.5 Å². The molecule has 1 aromatic carbocycles. The molecule has 0 bridgehead atoms. The van der Waals surface area contributed by atoms with Gasteiger partial charge in [-0.1, -0.05) is 24.3 Å². The van der Waals surface area contributed by atoms with Crippen molar-refractivity contribution in [1.82, 2.24) is 10.2 Å². The summed E-state index contributed by atoms with van der Waals surface area (Å²) in [6.07, 6.45) is 5.88. The number of fused-ring (bicyclic) bond motifs is 1. The van der Waals surface area contributed by atoms with Crippen molar-refractivity contribution < 1.29 is 5.11 Å². The van der Waals surface area contributed by atoms with E-state index in [1.807, 2.05) is 0 Å². The summed E-state index contributed by atoms with van der Waals surface area (Å²) in [7, 11) is 0. The van der Waals surface area contributed by atoms with Crippen LogP contribution in [0.3, 0.4) is 0 Å². The number of hydrogen-bond acceptors (Lipinski definition) is 3. The van der Waals surface area contributed by atoms with E-state index in [-0.39, 0.29) is 12.1 Å². The fourth-order valence-electron chi connectivity index (χ4n) is 3.26. The first-order valence-electron chi connectivity index (χ1n) is 8.36. The summed E-state index contributed by atoms with van der Waals surface area (Å²) in [6.45, 7) is 5.75. The minimum atomic E-state index is -0.111. The van der Waals surface area contributed by atoms with E-state index in [0.29, 0.717) is 6.04 Å². The zero-order valence-corrected chi connectivity index (χ0v) is 13.1. The molecule has 2 N–H and O–H groups in total. The van der Waals surface area contributed by atoms with Crippen LogP contribution in [0, 0.1) is 0 Å². The van der Waals surface area contributed by atoms with E-state index < -0.39 is 0 Å². The van der Waals surface area contributed by atoms with E-state index in [1.165, 1.54) is 24.0 Å². The van der Waals surface area contributed by atoms with Crippen LogP contribution in [0.4, 0.5) is 0 Å². The molecule has 1 aliphatic heterocycles. The Morgan fingerprint density at radius 2 is 1.81 bits per heavy atom. The molecule has 21 heavy (non-hydrogen) atoms. The van der Waals surface area contributed by atoms with Crippen LogP contribution in [0.1, 0.15) is 37.3 Å². The molecule has 0 amide bonds. The second-order valence-corrected chi connectivity index (χ2v) is 7.00. The summed E-state index contributed by atoms with van der Waals surface area (Å²) in [5.74, 6) is 0. The minimum Gasteiger partial charge on any atom is -0.394 e. The van der Waals surface area contributed by atoms with Gasteiger partial charge in [-0.15, -0.1) is 0 Å². The molecule has 1 fully saturated rings. The zero-order chi connectivity index (χ0) is 14.7. The van der Waals surface area contributed by atoms with Gasteiger partial charge in [0.25, 0.3) is 0 Å². The molecule has 0 aromatic heterocycles. The van der Waals surface area contributed by atoms with Gasteiger partial charge >= 0.3 is 0 Å². The number of nitrogens with one attached hydrogen (secondary N) is 1. The van der Waals surface area contributed by atoms with Crippen LogP contribution < -0.4 is 5.32 Å². The van der Waals surface area contributed by atoms with Crippen molar-refractivity contribution in [2.45, 2.75) is 50.6 Å². The Morgan fingerprint density at radius 3 is 2.33 bits per heavy atom. The number of hydrogen-bond donors (Lipinski definition) is 2. The van der Waals surface area contributed by atoms with Crippen LogP contribution in [-0.4, -0.2) is 47.8 Å². The van der Waals surface area contributed by atoms with E-state index in [4.69, 9.17) is 0 Å². The quantitative estimate of drug-likeness (QED) is 0.840. The lowest BCUT2D eigenvalue weighted by atomic mass is 9.98. The van der Waals surface area contributed by atoms with Gasteiger partial charge in [-0.25, -0.2) is 0 Å². The number of rotatable bonds is 6. The molecular formula is C18H28N2O. The lowest BCUT2D eigenvalue weighted by molar-refractivity contribution is 0.144. The number of aliphatic hydroxyl groups excluding tert-OH is 1. The molecule has 1 heterocycles. The largest absolute Gasteiger partial charge is 0.394 e. The molecule has 1 aliphatic carbocycles. The van der Waals surface area contributed by atoms with Gasteiger partial charge in [-0.05, 0) is 56.7 Å². The van der Waals surface area contributed by atoms with Crippen molar-refractivity contribution in [3.63, 3.8) is 0 Å². The predicted molar refractivity (Wildman–Crippen MR) is 86.6 cm³/mol. The number of nitrogens with zero attached hydrogens (tertiary/aromatic N) is 1. The van der Waals surface area contributed by atoms with Crippen molar-refractivity contribution in [2.75, 3.05) is 26.2 Å². The first-order valence-corrected chi connectivity index (χ1v) is 8.36. The summed E-state index contributed by atoms with van der Waals surface area (Å²) >= 11 is 0. The average Bonchev–Trinajstić information content (AvgIpc) is 3.32. The summed E-state index contributed by atoms with van der Waals surface area (Å²) in [5.41, 5.74) is 2.92.